The van der Waals surface area contributed by atoms with Crippen LogP contribution in [0.5, 0.6) is 0 Å². The van der Waals surface area contributed by atoms with Gasteiger partial charge in [-0.25, -0.2) is 4.79 Å². The number of carbonyl (C=O) groups excluding carboxylic acids is 1. The van der Waals surface area contributed by atoms with Crippen molar-refractivity contribution < 1.29 is 9.53 Å². The molecule has 0 radical (unpaired) electrons. The Morgan fingerprint density at radius 2 is 1.71 bits per heavy atom. The predicted molar refractivity (Wildman–Crippen MR) is 58.8 cm³/mol. The molecule has 0 aliphatic heterocycles. The normalized spacial score (nSPS) is 12.5. The first-order valence-electron chi connectivity index (χ1n) is 4.63. The molecule has 84 valence electrons. The topological polar surface area (TPSA) is 29.5 Å². The van der Waals surface area contributed by atoms with Crippen molar-refractivity contribution in [2.45, 2.75) is 45.8 Å². The van der Waals surface area contributed by atoms with E-state index in [9.17, 15) is 4.79 Å². The van der Waals surface area contributed by atoms with Crippen molar-refractivity contribution in [1.82, 2.24) is 4.90 Å². The smallest absolute Gasteiger partial charge is 0.410 e. The van der Waals surface area contributed by atoms with Gasteiger partial charge in [-0.15, -0.1) is 11.6 Å². The van der Waals surface area contributed by atoms with E-state index in [1.165, 1.54) is 4.90 Å². The first-order valence-corrected chi connectivity index (χ1v) is 5.16. The van der Waals surface area contributed by atoms with Gasteiger partial charge in [-0.05, 0) is 34.6 Å². The van der Waals surface area contributed by atoms with Crippen LogP contribution in [0.25, 0.3) is 0 Å². The van der Waals surface area contributed by atoms with Crippen molar-refractivity contribution in [3.8, 4) is 0 Å². The van der Waals surface area contributed by atoms with Crippen molar-refractivity contribution in [2.24, 2.45) is 0 Å². The van der Waals surface area contributed by atoms with Crippen LogP contribution < -0.4 is 0 Å². The molecular weight excluding hydrogens is 202 g/mol. The van der Waals surface area contributed by atoms with Crippen LogP contribution in [-0.4, -0.2) is 35.1 Å². The molecule has 0 N–H and O–H groups in total. The first-order chi connectivity index (χ1) is 6.10. The third-order valence-corrected chi connectivity index (χ3v) is 2.56. The molecule has 14 heavy (non-hydrogen) atoms. The molecule has 0 aromatic rings. The fraction of sp³-hybridized carbons (Fsp3) is 0.900. The van der Waals surface area contributed by atoms with Crippen LogP contribution in [0.3, 0.4) is 0 Å². The molecule has 0 aromatic carbocycles. The number of alkyl halides is 1. The summed E-state index contributed by atoms with van der Waals surface area (Å²) in [5.41, 5.74) is -0.850. The van der Waals surface area contributed by atoms with E-state index in [0.29, 0.717) is 5.88 Å². The van der Waals surface area contributed by atoms with E-state index in [1.807, 2.05) is 34.6 Å². The van der Waals surface area contributed by atoms with Crippen LogP contribution in [0.1, 0.15) is 34.6 Å². The van der Waals surface area contributed by atoms with Gasteiger partial charge in [-0.2, -0.15) is 0 Å². The fourth-order valence-electron chi connectivity index (χ4n) is 0.667. The zero-order valence-electron chi connectivity index (χ0n) is 9.85. The van der Waals surface area contributed by atoms with Crippen molar-refractivity contribution in [1.29, 1.82) is 0 Å². The highest BCUT2D eigenvalue weighted by Crippen LogP contribution is 2.18. The quantitative estimate of drug-likeness (QED) is 0.672. The average molecular weight is 222 g/mol. The number of hydrogen-bond acceptors (Lipinski definition) is 2. The monoisotopic (exact) mass is 221 g/mol. The van der Waals surface area contributed by atoms with E-state index < -0.39 is 5.60 Å². The molecule has 1 amide bonds. The predicted octanol–water partition coefficient (Wildman–Crippen LogP) is 2.87. The first kappa shape index (κ1) is 13.6. The summed E-state index contributed by atoms with van der Waals surface area (Å²) in [5, 5.41) is 0. The van der Waals surface area contributed by atoms with Crippen LogP contribution in [0.2, 0.25) is 0 Å². The van der Waals surface area contributed by atoms with Crippen LogP contribution >= 0.6 is 11.6 Å². The number of halogens is 1. The molecule has 0 atom stereocenters. The molecule has 0 spiro atoms. The van der Waals surface area contributed by atoms with Crippen molar-refractivity contribution in [3.05, 3.63) is 0 Å². The van der Waals surface area contributed by atoms with Crippen molar-refractivity contribution >= 4 is 17.7 Å². The lowest BCUT2D eigenvalue weighted by molar-refractivity contribution is 0.0144. The summed E-state index contributed by atoms with van der Waals surface area (Å²) in [6.45, 7) is 9.30. The van der Waals surface area contributed by atoms with Gasteiger partial charge in [0.15, 0.2) is 0 Å². The average Bonchev–Trinajstić information content (AvgIpc) is 2.00. The molecular formula is C10H20ClNO2. The molecule has 0 aromatic heterocycles. The van der Waals surface area contributed by atoms with Gasteiger partial charge >= 0.3 is 6.09 Å². The summed E-state index contributed by atoms with van der Waals surface area (Å²) in [6.07, 6.45) is -0.344. The second-order valence-electron chi connectivity index (χ2n) is 4.99. The molecule has 0 fully saturated rings. The number of ether oxygens (including phenoxy) is 1. The van der Waals surface area contributed by atoms with E-state index in [-0.39, 0.29) is 11.6 Å². The standard InChI is InChI=1S/C10H20ClNO2/c1-9(2,3)14-8(13)12(6)10(4,5)7-11/h7H2,1-6H3. The Hall–Kier alpha value is -0.440. The van der Waals surface area contributed by atoms with Gasteiger partial charge in [0.1, 0.15) is 5.60 Å². The lowest BCUT2D eigenvalue weighted by Crippen LogP contribution is -2.48. The maximum absolute atomic E-state index is 11.6. The number of carbonyl (C=O) groups is 1. The number of amides is 1. The summed E-state index contributed by atoms with van der Waals surface area (Å²) in [7, 11) is 1.69. The molecule has 4 heteroatoms. The number of rotatable bonds is 2. The molecule has 0 saturated carbocycles. The number of hydrogen-bond donors (Lipinski definition) is 0. The van der Waals surface area contributed by atoms with Gasteiger partial charge in [0.05, 0.1) is 5.54 Å². The summed E-state index contributed by atoms with van der Waals surface area (Å²) in [6, 6.07) is 0. The minimum atomic E-state index is -0.465. The minimum Gasteiger partial charge on any atom is -0.444 e. The van der Waals surface area contributed by atoms with Crippen LogP contribution in [-0.2, 0) is 4.74 Å². The van der Waals surface area contributed by atoms with Crippen LogP contribution in [0, 0.1) is 0 Å². The van der Waals surface area contributed by atoms with E-state index in [2.05, 4.69) is 0 Å². The zero-order chi connectivity index (χ0) is 11.6. The minimum absolute atomic E-state index is 0.344. The van der Waals surface area contributed by atoms with Crippen LogP contribution in [0.4, 0.5) is 4.79 Å². The summed E-state index contributed by atoms with van der Waals surface area (Å²) < 4.78 is 5.22. The lowest BCUT2D eigenvalue weighted by Gasteiger charge is -2.35. The highest BCUT2D eigenvalue weighted by Gasteiger charge is 2.30. The molecule has 0 saturated heterocycles. The second-order valence-corrected chi connectivity index (χ2v) is 5.25. The van der Waals surface area contributed by atoms with Gasteiger partial charge in [0.2, 0.25) is 0 Å². The van der Waals surface area contributed by atoms with E-state index in [0.717, 1.165) is 0 Å². The van der Waals surface area contributed by atoms with Gasteiger partial charge in [0.25, 0.3) is 0 Å². The molecule has 0 heterocycles. The van der Waals surface area contributed by atoms with E-state index in [4.69, 9.17) is 16.3 Å². The Balaban J connectivity index is 4.41. The zero-order valence-corrected chi connectivity index (χ0v) is 10.6. The Kier molecular flexibility index (Phi) is 4.25. The van der Waals surface area contributed by atoms with Gasteiger partial charge in [0, 0.05) is 12.9 Å². The Labute approximate surface area is 91.4 Å². The maximum Gasteiger partial charge on any atom is 0.410 e. The number of nitrogens with zero attached hydrogens (tertiary/aromatic N) is 1. The molecule has 0 aliphatic rings. The summed E-state index contributed by atoms with van der Waals surface area (Å²) >= 11 is 5.75. The second kappa shape index (κ2) is 4.39. The highest BCUT2D eigenvalue weighted by atomic mass is 35.5. The van der Waals surface area contributed by atoms with Gasteiger partial charge < -0.3 is 9.64 Å². The van der Waals surface area contributed by atoms with Gasteiger partial charge in [-0.3, -0.25) is 0 Å². The Morgan fingerprint density at radius 1 is 1.29 bits per heavy atom. The highest BCUT2D eigenvalue weighted by molar-refractivity contribution is 6.18. The maximum atomic E-state index is 11.6. The Morgan fingerprint density at radius 3 is 2.00 bits per heavy atom. The largest absolute Gasteiger partial charge is 0.444 e. The van der Waals surface area contributed by atoms with E-state index in [1.54, 1.807) is 7.05 Å². The Bertz CT molecular complexity index is 209. The molecule has 0 rings (SSSR count). The fourth-order valence-corrected chi connectivity index (χ4v) is 0.846. The van der Waals surface area contributed by atoms with Gasteiger partial charge in [-0.1, -0.05) is 0 Å². The molecule has 0 bridgehead atoms. The SMILES string of the molecule is CN(C(=O)OC(C)(C)C)C(C)(C)CCl. The molecule has 3 nitrogen and oxygen atoms in total. The summed E-state index contributed by atoms with van der Waals surface area (Å²) in [5.74, 6) is 0.378. The van der Waals surface area contributed by atoms with Crippen LogP contribution in [0.15, 0.2) is 0 Å². The molecule has 0 unspecified atom stereocenters. The summed E-state index contributed by atoms with van der Waals surface area (Å²) in [4.78, 5) is 13.1. The molecule has 0 aliphatic carbocycles. The lowest BCUT2D eigenvalue weighted by atomic mass is 10.1. The van der Waals surface area contributed by atoms with Crippen molar-refractivity contribution in [2.75, 3.05) is 12.9 Å². The van der Waals surface area contributed by atoms with E-state index >= 15 is 0 Å². The third kappa shape index (κ3) is 4.18. The van der Waals surface area contributed by atoms with Crippen molar-refractivity contribution in [3.63, 3.8) is 0 Å². The third-order valence-electron chi connectivity index (χ3n) is 1.90.